The van der Waals surface area contributed by atoms with Crippen LogP contribution in [0.25, 0.3) is 22.2 Å². The maximum absolute atomic E-state index is 10.9. The van der Waals surface area contributed by atoms with Crippen LogP contribution in [0.5, 0.6) is 5.75 Å². The van der Waals surface area contributed by atoms with Gasteiger partial charge in [0.15, 0.2) is 0 Å². The number of para-hydroxylation sites is 1. The zero-order valence-corrected chi connectivity index (χ0v) is 16.8. The average Bonchev–Trinajstić information content (AvgIpc) is 3.08. The Hall–Kier alpha value is -2.30. The van der Waals surface area contributed by atoms with Gasteiger partial charge in [-0.1, -0.05) is 24.6 Å². The molecule has 0 radical (unpaired) electrons. The van der Waals surface area contributed by atoms with Gasteiger partial charge in [-0.25, -0.2) is 0 Å². The van der Waals surface area contributed by atoms with Gasteiger partial charge in [0.2, 0.25) is 0 Å². The van der Waals surface area contributed by atoms with Crippen LogP contribution in [-0.2, 0) is 6.54 Å². The van der Waals surface area contributed by atoms with Crippen molar-refractivity contribution in [1.82, 2.24) is 9.47 Å². The second-order valence-corrected chi connectivity index (χ2v) is 7.92. The van der Waals surface area contributed by atoms with Crippen molar-refractivity contribution >= 4 is 10.9 Å². The molecule has 1 N–H and O–H groups in total. The molecule has 1 aliphatic heterocycles. The number of aliphatic hydroxyl groups is 1. The quantitative estimate of drug-likeness (QED) is 0.684. The molecule has 0 amide bonds. The minimum atomic E-state index is -0.395. The molecule has 0 saturated carbocycles. The largest absolute Gasteiger partial charge is 0.497 e. The topological polar surface area (TPSA) is 37.6 Å². The molecular weight excluding hydrogens is 348 g/mol. The highest BCUT2D eigenvalue weighted by Gasteiger charge is 2.22. The Labute approximate surface area is 167 Å². The van der Waals surface area contributed by atoms with Crippen LogP contribution in [0.3, 0.4) is 0 Å². The van der Waals surface area contributed by atoms with Gasteiger partial charge in [0, 0.05) is 29.2 Å². The SMILES string of the molecule is COc1ccc(-c2cc3ccccc3n2C[C@H](O)CN2CCCC[C@@H]2C)cc1. The lowest BCUT2D eigenvalue weighted by Crippen LogP contribution is -2.43. The number of piperidine rings is 1. The van der Waals surface area contributed by atoms with Crippen LogP contribution in [-0.4, -0.2) is 46.9 Å². The molecule has 2 aromatic carbocycles. The molecule has 0 aliphatic carbocycles. The summed E-state index contributed by atoms with van der Waals surface area (Å²) in [6, 6.07) is 19.3. The van der Waals surface area contributed by atoms with Gasteiger partial charge in [0.05, 0.1) is 19.8 Å². The molecule has 1 aliphatic rings. The Morgan fingerprint density at radius 1 is 1.07 bits per heavy atom. The molecule has 4 heteroatoms. The summed E-state index contributed by atoms with van der Waals surface area (Å²) < 4.78 is 7.56. The van der Waals surface area contributed by atoms with Crippen molar-refractivity contribution in [1.29, 1.82) is 0 Å². The average molecular weight is 379 g/mol. The Kier molecular flexibility index (Phi) is 5.69. The summed E-state index contributed by atoms with van der Waals surface area (Å²) in [4.78, 5) is 2.44. The number of hydrogen-bond donors (Lipinski definition) is 1. The summed E-state index contributed by atoms with van der Waals surface area (Å²) in [5.41, 5.74) is 3.43. The number of rotatable bonds is 6. The first-order chi connectivity index (χ1) is 13.7. The van der Waals surface area contributed by atoms with E-state index in [0.717, 1.165) is 30.1 Å². The molecule has 1 aromatic heterocycles. The van der Waals surface area contributed by atoms with E-state index in [0.29, 0.717) is 12.6 Å². The third kappa shape index (κ3) is 3.94. The number of hydrogen-bond acceptors (Lipinski definition) is 3. The van der Waals surface area contributed by atoms with E-state index < -0.39 is 6.10 Å². The summed E-state index contributed by atoms with van der Waals surface area (Å²) in [6.07, 6.45) is 3.38. The maximum Gasteiger partial charge on any atom is 0.118 e. The van der Waals surface area contributed by atoms with Gasteiger partial charge in [-0.3, -0.25) is 4.90 Å². The minimum absolute atomic E-state index is 0.395. The van der Waals surface area contributed by atoms with Crippen molar-refractivity contribution in [3.05, 3.63) is 54.6 Å². The predicted molar refractivity (Wildman–Crippen MR) is 115 cm³/mol. The molecule has 148 valence electrons. The van der Waals surface area contributed by atoms with Crippen LogP contribution in [0.4, 0.5) is 0 Å². The lowest BCUT2D eigenvalue weighted by atomic mass is 10.0. The van der Waals surface area contributed by atoms with Gasteiger partial charge in [0.25, 0.3) is 0 Å². The zero-order valence-electron chi connectivity index (χ0n) is 16.8. The van der Waals surface area contributed by atoms with E-state index in [1.807, 2.05) is 12.1 Å². The summed E-state index contributed by atoms with van der Waals surface area (Å²) in [6.45, 7) is 4.70. The Morgan fingerprint density at radius 3 is 2.61 bits per heavy atom. The lowest BCUT2D eigenvalue weighted by Gasteiger charge is -2.34. The molecule has 0 spiro atoms. The standard InChI is InChI=1S/C24H30N2O2/c1-18-7-5-6-14-25(18)16-21(27)17-26-23-9-4-3-8-20(23)15-24(26)19-10-12-22(28-2)13-11-19/h3-4,8-13,15,18,21,27H,5-7,14,16-17H2,1-2H3/t18-,21+/m0/s1. The van der Waals surface area contributed by atoms with E-state index in [4.69, 9.17) is 4.74 Å². The second-order valence-electron chi connectivity index (χ2n) is 7.92. The van der Waals surface area contributed by atoms with E-state index in [9.17, 15) is 5.11 Å². The smallest absolute Gasteiger partial charge is 0.118 e. The van der Waals surface area contributed by atoms with Crippen molar-refractivity contribution in [3.8, 4) is 17.0 Å². The summed E-state index contributed by atoms with van der Waals surface area (Å²) in [5, 5.41) is 12.1. The van der Waals surface area contributed by atoms with Crippen LogP contribution in [0.15, 0.2) is 54.6 Å². The summed E-state index contributed by atoms with van der Waals surface area (Å²) in [5.74, 6) is 0.852. The maximum atomic E-state index is 10.9. The van der Waals surface area contributed by atoms with E-state index >= 15 is 0 Å². The first kappa shape index (κ1) is 19.0. The number of β-amino-alcohol motifs (C(OH)–C–C–N with tert-alkyl or cyclic N) is 1. The second kappa shape index (κ2) is 8.38. The van der Waals surface area contributed by atoms with E-state index in [1.54, 1.807) is 7.11 Å². The van der Waals surface area contributed by atoms with E-state index in [1.165, 1.54) is 30.2 Å². The van der Waals surface area contributed by atoms with Gasteiger partial charge in [-0.2, -0.15) is 0 Å². The van der Waals surface area contributed by atoms with Crippen LogP contribution in [0.1, 0.15) is 26.2 Å². The summed E-state index contributed by atoms with van der Waals surface area (Å²) in [7, 11) is 1.68. The molecule has 4 nitrogen and oxygen atoms in total. The number of aromatic nitrogens is 1. The molecule has 3 aromatic rings. The summed E-state index contributed by atoms with van der Waals surface area (Å²) >= 11 is 0. The predicted octanol–water partition coefficient (Wildman–Crippen LogP) is 4.55. The number of nitrogens with zero attached hydrogens (tertiary/aromatic N) is 2. The molecule has 1 fully saturated rings. The van der Waals surface area contributed by atoms with Crippen LogP contribution < -0.4 is 4.74 Å². The van der Waals surface area contributed by atoms with Crippen molar-refractivity contribution in [2.45, 2.75) is 44.9 Å². The van der Waals surface area contributed by atoms with Gasteiger partial charge in [-0.15, -0.1) is 0 Å². The van der Waals surface area contributed by atoms with Gasteiger partial charge in [0.1, 0.15) is 5.75 Å². The molecular formula is C24H30N2O2. The molecule has 2 atom stereocenters. The number of benzene rings is 2. The number of ether oxygens (including phenoxy) is 1. The number of aliphatic hydroxyl groups excluding tert-OH is 1. The molecule has 0 bridgehead atoms. The van der Waals surface area contributed by atoms with Crippen LogP contribution in [0, 0.1) is 0 Å². The molecule has 2 heterocycles. The number of methoxy groups -OCH3 is 1. The number of likely N-dealkylation sites (tertiary alicyclic amines) is 1. The van der Waals surface area contributed by atoms with E-state index in [2.05, 4.69) is 58.9 Å². The van der Waals surface area contributed by atoms with Crippen LogP contribution in [0.2, 0.25) is 0 Å². The first-order valence-electron chi connectivity index (χ1n) is 10.3. The Balaban J connectivity index is 1.62. The first-order valence-corrected chi connectivity index (χ1v) is 10.3. The highest BCUT2D eigenvalue weighted by Crippen LogP contribution is 2.30. The monoisotopic (exact) mass is 378 g/mol. The zero-order chi connectivity index (χ0) is 19.5. The molecule has 1 saturated heterocycles. The minimum Gasteiger partial charge on any atom is -0.497 e. The Morgan fingerprint density at radius 2 is 1.86 bits per heavy atom. The Bertz CT molecular complexity index is 916. The fraction of sp³-hybridized carbons (Fsp3) is 0.417. The van der Waals surface area contributed by atoms with Gasteiger partial charge >= 0.3 is 0 Å². The highest BCUT2D eigenvalue weighted by atomic mass is 16.5. The highest BCUT2D eigenvalue weighted by molar-refractivity contribution is 5.87. The fourth-order valence-corrected chi connectivity index (χ4v) is 4.38. The third-order valence-electron chi connectivity index (χ3n) is 5.98. The van der Waals surface area contributed by atoms with Crippen LogP contribution >= 0.6 is 0 Å². The van der Waals surface area contributed by atoms with Gasteiger partial charge in [-0.05, 0) is 68.3 Å². The van der Waals surface area contributed by atoms with Gasteiger partial charge < -0.3 is 14.4 Å². The fourth-order valence-electron chi connectivity index (χ4n) is 4.38. The van der Waals surface area contributed by atoms with Crippen molar-refractivity contribution in [3.63, 3.8) is 0 Å². The van der Waals surface area contributed by atoms with Crippen molar-refractivity contribution in [2.24, 2.45) is 0 Å². The molecule has 0 unspecified atom stereocenters. The lowest BCUT2D eigenvalue weighted by molar-refractivity contribution is 0.0647. The van der Waals surface area contributed by atoms with E-state index in [-0.39, 0.29) is 0 Å². The third-order valence-corrected chi connectivity index (χ3v) is 5.98. The molecule has 4 rings (SSSR count). The van der Waals surface area contributed by atoms with Crippen molar-refractivity contribution in [2.75, 3.05) is 20.2 Å². The normalized spacial score (nSPS) is 19.0. The molecule has 28 heavy (non-hydrogen) atoms. The van der Waals surface area contributed by atoms with Crippen molar-refractivity contribution < 1.29 is 9.84 Å². The number of fused-ring (bicyclic) bond motifs is 1.